The van der Waals surface area contributed by atoms with Crippen molar-refractivity contribution in [2.45, 2.75) is 0 Å². The van der Waals surface area contributed by atoms with E-state index in [4.69, 9.17) is 22.1 Å². The van der Waals surface area contributed by atoms with Crippen LogP contribution >= 0.6 is 11.6 Å². The number of nitrogens with zero attached hydrogens (tertiary/aromatic N) is 5. The molecule has 0 bridgehead atoms. The van der Waals surface area contributed by atoms with Crippen LogP contribution in [0.1, 0.15) is 11.4 Å². The SMILES string of the molecule is CN(C)c1nc(N)nc(/C(C#N)=C/C2=Cc3cc(Cl)ccc3OC2)n1. The van der Waals surface area contributed by atoms with Crippen LogP contribution in [0.25, 0.3) is 11.6 Å². The molecule has 0 unspecified atom stereocenters. The highest BCUT2D eigenvalue weighted by atomic mass is 35.5. The summed E-state index contributed by atoms with van der Waals surface area (Å²) in [5, 5.41) is 10.1. The maximum atomic E-state index is 9.51. The Morgan fingerprint density at radius 3 is 2.88 bits per heavy atom. The third kappa shape index (κ3) is 3.70. The molecular weight excluding hydrogens is 340 g/mol. The van der Waals surface area contributed by atoms with Gasteiger partial charge < -0.3 is 15.4 Å². The van der Waals surface area contributed by atoms with Crippen LogP contribution < -0.4 is 15.4 Å². The summed E-state index contributed by atoms with van der Waals surface area (Å²) in [5.41, 5.74) is 7.65. The monoisotopic (exact) mass is 354 g/mol. The van der Waals surface area contributed by atoms with Crippen molar-refractivity contribution in [3.8, 4) is 11.8 Å². The maximum Gasteiger partial charge on any atom is 0.230 e. The summed E-state index contributed by atoms with van der Waals surface area (Å²) >= 11 is 6.02. The van der Waals surface area contributed by atoms with Crippen LogP contribution in [-0.2, 0) is 0 Å². The Labute approximate surface area is 150 Å². The molecule has 8 heteroatoms. The number of rotatable bonds is 3. The van der Waals surface area contributed by atoms with Crippen molar-refractivity contribution in [1.82, 2.24) is 15.0 Å². The lowest BCUT2D eigenvalue weighted by atomic mass is 10.1. The lowest BCUT2D eigenvalue weighted by Gasteiger charge is -2.16. The third-order valence-corrected chi connectivity index (χ3v) is 3.67. The fourth-order valence-electron chi connectivity index (χ4n) is 2.28. The van der Waals surface area contributed by atoms with E-state index in [9.17, 15) is 5.26 Å². The summed E-state index contributed by atoms with van der Waals surface area (Å²) in [7, 11) is 3.57. The molecule has 126 valence electrons. The van der Waals surface area contributed by atoms with Crippen LogP contribution in [0.3, 0.4) is 0 Å². The number of allylic oxidation sites excluding steroid dienone is 1. The Morgan fingerprint density at radius 1 is 1.36 bits per heavy atom. The molecule has 3 rings (SSSR count). The number of fused-ring (bicyclic) bond motifs is 1. The lowest BCUT2D eigenvalue weighted by molar-refractivity contribution is 0.351. The minimum absolute atomic E-state index is 0.0563. The van der Waals surface area contributed by atoms with E-state index in [2.05, 4.69) is 21.0 Å². The zero-order chi connectivity index (χ0) is 18.0. The molecule has 7 nitrogen and oxygen atoms in total. The first-order valence-corrected chi connectivity index (χ1v) is 7.78. The molecule has 0 fully saturated rings. The number of benzene rings is 1. The molecule has 1 aliphatic rings. The van der Waals surface area contributed by atoms with Crippen LogP contribution in [0.2, 0.25) is 5.02 Å². The number of anilines is 2. The van der Waals surface area contributed by atoms with E-state index < -0.39 is 0 Å². The second-order valence-electron chi connectivity index (χ2n) is 5.57. The number of hydrogen-bond acceptors (Lipinski definition) is 7. The summed E-state index contributed by atoms with van der Waals surface area (Å²) in [6.07, 6.45) is 3.59. The molecule has 2 heterocycles. The molecule has 0 atom stereocenters. The van der Waals surface area contributed by atoms with Gasteiger partial charge in [-0.25, -0.2) is 0 Å². The van der Waals surface area contributed by atoms with Crippen LogP contribution in [0.5, 0.6) is 5.75 Å². The number of aromatic nitrogens is 3. The van der Waals surface area contributed by atoms with Gasteiger partial charge in [0.1, 0.15) is 18.4 Å². The fraction of sp³-hybridized carbons (Fsp3) is 0.176. The normalized spacial score (nSPS) is 13.4. The molecule has 1 aromatic heterocycles. The average molecular weight is 355 g/mol. The van der Waals surface area contributed by atoms with Gasteiger partial charge in [0.05, 0.1) is 5.57 Å². The minimum atomic E-state index is 0.0563. The van der Waals surface area contributed by atoms with Crippen molar-refractivity contribution in [1.29, 1.82) is 5.26 Å². The van der Waals surface area contributed by atoms with E-state index in [0.717, 1.165) is 16.9 Å². The first-order valence-electron chi connectivity index (χ1n) is 7.40. The Kier molecular flexibility index (Phi) is 4.55. The predicted octanol–water partition coefficient (Wildman–Crippen LogP) is 2.56. The summed E-state index contributed by atoms with van der Waals surface area (Å²) in [6.45, 7) is 0.334. The summed E-state index contributed by atoms with van der Waals surface area (Å²) in [4.78, 5) is 14.1. The highest BCUT2D eigenvalue weighted by Crippen LogP contribution is 2.30. The highest BCUT2D eigenvalue weighted by molar-refractivity contribution is 6.30. The average Bonchev–Trinajstić information content (AvgIpc) is 2.58. The van der Waals surface area contributed by atoms with Gasteiger partial charge in [-0.3, -0.25) is 0 Å². The smallest absolute Gasteiger partial charge is 0.230 e. The third-order valence-electron chi connectivity index (χ3n) is 3.44. The van der Waals surface area contributed by atoms with E-state index in [-0.39, 0.29) is 17.3 Å². The van der Waals surface area contributed by atoms with Gasteiger partial charge in [0.25, 0.3) is 0 Å². The summed E-state index contributed by atoms with van der Waals surface area (Å²) in [6, 6.07) is 7.50. The molecule has 0 spiro atoms. The van der Waals surface area contributed by atoms with Crippen molar-refractivity contribution in [2.24, 2.45) is 0 Å². The molecule has 1 aliphatic heterocycles. The van der Waals surface area contributed by atoms with Gasteiger partial charge in [0.2, 0.25) is 11.9 Å². The van der Waals surface area contributed by atoms with Crippen molar-refractivity contribution in [2.75, 3.05) is 31.3 Å². The minimum Gasteiger partial charge on any atom is -0.488 e. The van der Waals surface area contributed by atoms with Crippen molar-refractivity contribution >= 4 is 35.1 Å². The van der Waals surface area contributed by atoms with Crippen LogP contribution in [-0.4, -0.2) is 35.7 Å². The van der Waals surface area contributed by atoms with Crippen LogP contribution in [0, 0.1) is 11.3 Å². The lowest BCUT2D eigenvalue weighted by Crippen LogP contribution is -2.16. The first kappa shape index (κ1) is 16.7. The van der Waals surface area contributed by atoms with E-state index in [1.165, 1.54) is 0 Å². The van der Waals surface area contributed by atoms with Crippen LogP contribution in [0.15, 0.2) is 29.8 Å². The van der Waals surface area contributed by atoms with Gasteiger partial charge >= 0.3 is 0 Å². The Hall–Kier alpha value is -3.11. The van der Waals surface area contributed by atoms with Crippen LogP contribution in [0.4, 0.5) is 11.9 Å². The number of ether oxygens (including phenoxy) is 1. The number of hydrogen-bond donors (Lipinski definition) is 1. The van der Waals surface area contributed by atoms with Gasteiger partial charge in [0, 0.05) is 24.7 Å². The van der Waals surface area contributed by atoms with E-state index in [1.807, 2.05) is 12.1 Å². The molecule has 2 aromatic rings. The van der Waals surface area contributed by atoms with E-state index >= 15 is 0 Å². The standard InChI is InChI=1S/C17H15ClN6O/c1-24(2)17-22-15(21-16(20)23-17)12(8-19)6-10-5-11-7-13(18)3-4-14(11)25-9-10/h3-7H,9H2,1-2H3,(H2,20,21,22,23)/b12-6+. The Morgan fingerprint density at radius 2 is 2.16 bits per heavy atom. The molecule has 0 radical (unpaired) electrons. The molecule has 25 heavy (non-hydrogen) atoms. The van der Waals surface area contributed by atoms with Gasteiger partial charge in [-0.15, -0.1) is 0 Å². The van der Waals surface area contributed by atoms with Crippen molar-refractivity contribution in [3.63, 3.8) is 0 Å². The second-order valence-corrected chi connectivity index (χ2v) is 6.01. The zero-order valence-corrected chi connectivity index (χ0v) is 14.4. The quantitative estimate of drug-likeness (QED) is 0.845. The Balaban J connectivity index is 2.01. The number of halogens is 1. The fourth-order valence-corrected chi connectivity index (χ4v) is 2.46. The largest absolute Gasteiger partial charge is 0.488 e. The van der Waals surface area contributed by atoms with Gasteiger partial charge in [-0.1, -0.05) is 11.6 Å². The van der Waals surface area contributed by atoms with E-state index in [0.29, 0.717) is 17.6 Å². The number of nitrogen functional groups attached to an aromatic ring is 1. The zero-order valence-electron chi connectivity index (χ0n) is 13.7. The molecular formula is C17H15ClN6O. The first-order chi connectivity index (χ1) is 12.0. The number of nitrogens with two attached hydrogens (primary N) is 1. The highest BCUT2D eigenvalue weighted by Gasteiger charge is 2.14. The second kappa shape index (κ2) is 6.79. The van der Waals surface area contributed by atoms with E-state index in [1.54, 1.807) is 37.2 Å². The molecule has 0 aliphatic carbocycles. The molecule has 0 saturated heterocycles. The summed E-state index contributed by atoms with van der Waals surface area (Å²) in [5.74, 6) is 1.41. The van der Waals surface area contributed by atoms with Gasteiger partial charge in [0.15, 0.2) is 5.82 Å². The number of nitriles is 1. The summed E-state index contributed by atoms with van der Waals surface area (Å²) < 4.78 is 5.69. The molecule has 1 aromatic carbocycles. The van der Waals surface area contributed by atoms with Crippen molar-refractivity contribution < 1.29 is 4.74 Å². The molecule has 0 amide bonds. The van der Waals surface area contributed by atoms with Gasteiger partial charge in [-0.05, 0) is 35.9 Å². The van der Waals surface area contributed by atoms with Crippen molar-refractivity contribution in [3.05, 3.63) is 46.3 Å². The molecule has 0 saturated carbocycles. The predicted molar refractivity (Wildman–Crippen MR) is 97.1 cm³/mol. The topological polar surface area (TPSA) is 101 Å². The Bertz CT molecular complexity index is 929. The maximum absolute atomic E-state index is 9.51. The van der Waals surface area contributed by atoms with Gasteiger partial charge in [-0.2, -0.15) is 20.2 Å². The molecule has 2 N–H and O–H groups in total.